The fraction of sp³-hybridized carbons (Fsp3) is 0.333. The van der Waals surface area contributed by atoms with Crippen molar-refractivity contribution in [2.24, 2.45) is 5.73 Å². The molecule has 3 nitrogen and oxygen atoms in total. The normalized spacial score (nSPS) is 13.1. The monoisotopic (exact) mass is 257 g/mol. The highest BCUT2D eigenvalue weighted by atomic mass is 35.5. The summed E-state index contributed by atoms with van der Waals surface area (Å²) in [4.78, 5) is 0. The zero-order valence-corrected chi connectivity index (χ0v) is 8.85. The molecule has 0 unspecified atom stereocenters. The summed E-state index contributed by atoms with van der Waals surface area (Å²) in [5.41, 5.74) is 4.95. The van der Waals surface area contributed by atoms with Gasteiger partial charge in [0.2, 0.25) is 0 Å². The van der Waals surface area contributed by atoms with Gasteiger partial charge >= 0.3 is 0 Å². The van der Waals surface area contributed by atoms with Gasteiger partial charge in [0.25, 0.3) is 5.92 Å². The van der Waals surface area contributed by atoms with Gasteiger partial charge in [-0.05, 0) is 17.7 Å². The number of alkyl halides is 2. The molecular weight excluding hydrogens is 247 g/mol. The first kappa shape index (κ1) is 15.0. The Morgan fingerprint density at radius 2 is 1.94 bits per heavy atom. The van der Waals surface area contributed by atoms with E-state index in [2.05, 4.69) is 0 Å². The lowest BCUT2D eigenvalue weighted by molar-refractivity contribution is -0.0712. The van der Waals surface area contributed by atoms with Crippen LogP contribution < -0.4 is 5.73 Å². The third kappa shape index (κ3) is 3.01. The molecule has 7 heteroatoms. The number of phenols is 1. The highest BCUT2D eigenvalue weighted by Crippen LogP contribution is 2.30. The van der Waals surface area contributed by atoms with Gasteiger partial charge in [0, 0.05) is 0 Å². The molecule has 0 saturated carbocycles. The van der Waals surface area contributed by atoms with Gasteiger partial charge in [0.15, 0.2) is 11.6 Å². The molecule has 1 rings (SSSR count). The maximum atomic E-state index is 12.9. The average molecular weight is 258 g/mol. The first-order valence-electron chi connectivity index (χ1n) is 4.11. The summed E-state index contributed by atoms with van der Waals surface area (Å²) in [6, 6.07) is 0.909. The molecule has 0 bridgehead atoms. The Balaban J connectivity index is 0.00000225. The van der Waals surface area contributed by atoms with Crippen molar-refractivity contribution in [3.05, 3.63) is 29.6 Å². The van der Waals surface area contributed by atoms with Gasteiger partial charge in [-0.3, -0.25) is 0 Å². The van der Waals surface area contributed by atoms with E-state index < -0.39 is 30.1 Å². The third-order valence-corrected chi connectivity index (χ3v) is 2.00. The Morgan fingerprint density at radius 1 is 1.38 bits per heavy atom. The lowest BCUT2D eigenvalue weighted by atomic mass is 10.0. The predicted octanol–water partition coefficient (Wildman–Crippen LogP) is 1.58. The van der Waals surface area contributed by atoms with E-state index >= 15 is 0 Å². The van der Waals surface area contributed by atoms with Crippen molar-refractivity contribution < 1.29 is 23.4 Å². The number of nitrogens with two attached hydrogens (primary N) is 1. The summed E-state index contributed by atoms with van der Waals surface area (Å²) in [5, 5.41) is 17.2. The van der Waals surface area contributed by atoms with Crippen LogP contribution in [0.5, 0.6) is 5.75 Å². The molecule has 0 aliphatic rings. The molecule has 16 heavy (non-hydrogen) atoms. The molecule has 92 valence electrons. The second-order valence-corrected chi connectivity index (χ2v) is 3.11. The van der Waals surface area contributed by atoms with E-state index in [0.29, 0.717) is 6.07 Å². The molecule has 0 saturated heterocycles. The SMILES string of the molecule is Cl.N[C@@H](c1ccc(O)c(F)c1)C(F)(F)CO. The first-order chi connectivity index (χ1) is 6.88. The van der Waals surface area contributed by atoms with Gasteiger partial charge in [-0.2, -0.15) is 0 Å². The number of aromatic hydroxyl groups is 1. The summed E-state index contributed by atoms with van der Waals surface area (Å²) in [5.74, 6) is -5.20. The van der Waals surface area contributed by atoms with Crippen molar-refractivity contribution in [1.29, 1.82) is 0 Å². The largest absolute Gasteiger partial charge is 0.505 e. The molecule has 0 spiro atoms. The van der Waals surface area contributed by atoms with Crippen molar-refractivity contribution in [2.75, 3.05) is 6.61 Å². The summed E-state index contributed by atoms with van der Waals surface area (Å²) >= 11 is 0. The van der Waals surface area contributed by atoms with Crippen LogP contribution >= 0.6 is 12.4 Å². The van der Waals surface area contributed by atoms with E-state index in [1.54, 1.807) is 0 Å². The predicted molar refractivity (Wildman–Crippen MR) is 54.3 cm³/mol. The van der Waals surface area contributed by atoms with E-state index in [0.717, 1.165) is 12.1 Å². The van der Waals surface area contributed by atoms with Crippen LogP contribution in [0, 0.1) is 5.82 Å². The van der Waals surface area contributed by atoms with Crippen molar-refractivity contribution in [1.82, 2.24) is 0 Å². The summed E-state index contributed by atoms with van der Waals surface area (Å²) in [6.45, 7) is -1.42. The van der Waals surface area contributed by atoms with Gasteiger partial charge in [-0.1, -0.05) is 6.07 Å². The molecule has 0 radical (unpaired) electrons. The van der Waals surface area contributed by atoms with Gasteiger partial charge in [-0.15, -0.1) is 12.4 Å². The van der Waals surface area contributed by atoms with E-state index in [1.165, 1.54) is 0 Å². The number of aliphatic hydroxyl groups excluding tert-OH is 1. The van der Waals surface area contributed by atoms with Crippen LogP contribution in [0.3, 0.4) is 0 Å². The van der Waals surface area contributed by atoms with Crippen molar-refractivity contribution >= 4 is 12.4 Å². The molecule has 4 N–H and O–H groups in total. The maximum absolute atomic E-state index is 12.9. The number of aliphatic hydroxyl groups is 1. The van der Waals surface area contributed by atoms with Crippen LogP contribution in [0.1, 0.15) is 11.6 Å². The Bertz CT molecular complexity index is 363. The van der Waals surface area contributed by atoms with Crippen molar-refractivity contribution in [2.45, 2.75) is 12.0 Å². The van der Waals surface area contributed by atoms with Crippen molar-refractivity contribution in [3.63, 3.8) is 0 Å². The maximum Gasteiger partial charge on any atom is 0.289 e. The fourth-order valence-electron chi connectivity index (χ4n) is 1.06. The number of halogens is 4. The molecule has 0 aromatic heterocycles. The Kier molecular flexibility index (Phi) is 5.05. The average Bonchev–Trinajstić information content (AvgIpc) is 2.21. The Labute approximate surface area is 96.1 Å². The van der Waals surface area contributed by atoms with E-state index in [1.807, 2.05) is 0 Å². The molecule has 0 amide bonds. The summed E-state index contributed by atoms with van der Waals surface area (Å²) in [7, 11) is 0. The van der Waals surface area contributed by atoms with Gasteiger partial charge in [0.05, 0.1) is 6.04 Å². The number of benzene rings is 1. The minimum Gasteiger partial charge on any atom is -0.505 e. The Hall–Kier alpha value is -0.980. The molecule has 0 fully saturated rings. The van der Waals surface area contributed by atoms with Crippen LogP contribution in [-0.2, 0) is 0 Å². The number of hydrogen-bond acceptors (Lipinski definition) is 3. The van der Waals surface area contributed by atoms with Crippen LogP contribution in [-0.4, -0.2) is 22.7 Å². The smallest absolute Gasteiger partial charge is 0.289 e. The van der Waals surface area contributed by atoms with Crippen LogP contribution in [0.4, 0.5) is 13.2 Å². The molecule has 0 aliphatic carbocycles. The van der Waals surface area contributed by atoms with Gasteiger partial charge < -0.3 is 15.9 Å². The topological polar surface area (TPSA) is 66.5 Å². The number of rotatable bonds is 3. The Morgan fingerprint density at radius 3 is 2.38 bits per heavy atom. The summed E-state index contributed by atoms with van der Waals surface area (Å²) < 4.78 is 38.6. The van der Waals surface area contributed by atoms with Crippen LogP contribution in [0.15, 0.2) is 18.2 Å². The van der Waals surface area contributed by atoms with E-state index in [4.69, 9.17) is 15.9 Å². The highest BCUT2D eigenvalue weighted by molar-refractivity contribution is 5.85. The lowest BCUT2D eigenvalue weighted by Gasteiger charge is -2.21. The molecule has 1 atom stereocenters. The number of hydrogen-bond donors (Lipinski definition) is 3. The highest BCUT2D eigenvalue weighted by Gasteiger charge is 2.37. The molecule has 1 aromatic carbocycles. The van der Waals surface area contributed by atoms with Crippen molar-refractivity contribution in [3.8, 4) is 5.75 Å². The van der Waals surface area contributed by atoms with E-state index in [-0.39, 0.29) is 18.0 Å². The zero-order valence-electron chi connectivity index (χ0n) is 8.03. The lowest BCUT2D eigenvalue weighted by Crippen LogP contribution is -2.36. The second kappa shape index (κ2) is 5.38. The van der Waals surface area contributed by atoms with E-state index in [9.17, 15) is 13.2 Å². The molecule has 0 aliphatic heterocycles. The van der Waals surface area contributed by atoms with Gasteiger partial charge in [0.1, 0.15) is 6.61 Å². The van der Waals surface area contributed by atoms with Crippen LogP contribution in [0.25, 0.3) is 0 Å². The first-order valence-corrected chi connectivity index (χ1v) is 4.11. The standard InChI is InChI=1S/C9H10F3NO2.ClH/c10-6-3-5(1-2-7(6)15)8(13)9(11,12)4-14;/h1-3,8,14-15H,4,13H2;1H/t8-;/m0./s1. The minimum absolute atomic E-state index is 0. The third-order valence-electron chi connectivity index (χ3n) is 2.00. The summed E-state index contributed by atoms with van der Waals surface area (Å²) in [6.07, 6.45) is 0. The quantitative estimate of drug-likeness (QED) is 0.770. The molecule has 1 aromatic rings. The van der Waals surface area contributed by atoms with Gasteiger partial charge in [-0.25, -0.2) is 13.2 Å². The van der Waals surface area contributed by atoms with Crippen LogP contribution in [0.2, 0.25) is 0 Å². The zero-order chi connectivity index (χ0) is 11.6. The number of phenolic OH excluding ortho intramolecular Hbond substituents is 1. The molecule has 0 heterocycles. The molecular formula is C9H11ClF3NO2. The second-order valence-electron chi connectivity index (χ2n) is 3.11. The fourth-order valence-corrected chi connectivity index (χ4v) is 1.06. The minimum atomic E-state index is -3.52.